The second-order valence-electron chi connectivity index (χ2n) is 7.95. The third-order valence-corrected chi connectivity index (χ3v) is 7.04. The number of fused-ring (bicyclic) bond motifs is 3. The van der Waals surface area contributed by atoms with Crippen molar-refractivity contribution in [3.63, 3.8) is 0 Å². The maximum atomic E-state index is 5.42. The third-order valence-electron chi connectivity index (χ3n) is 6.15. The lowest BCUT2D eigenvalue weighted by Gasteiger charge is -2.49. The van der Waals surface area contributed by atoms with E-state index in [1.807, 2.05) is 19.1 Å². The molecule has 1 N–H and O–H groups in total. The lowest BCUT2D eigenvalue weighted by Crippen LogP contribution is -2.55. The molecule has 3 aliphatic rings. The Hall–Kier alpha value is -2.02. The van der Waals surface area contributed by atoms with Gasteiger partial charge in [0, 0.05) is 30.7 Å². The van der Waals surface area contributed by atoms with Crippen LogP contribution in [0.25, 0.3) is 10.6 Å². The van der Waals surface area contributed by atoms with E-state index in [0.29, 0.717) is 17.9 Å². The quantitative estimate of drug-likeness (QED) is 0.683. The molecule has 3 fully saturated rings. The molecular formula is C22H26N4OS. The van der Waals surface area contributed by atoms with Gasteiger partial charge in [-0.05, 0) is 61.9 Å². The number of furan rings is 1. The number of hydrogen-bond acceptors (Lipinski definition) is 6. The monoisotopic (exact) mass is 394 g/mol. The van der Waals surface area contributed by atoms with Crippen molar-refractivity contribution in [1.29, 1.82) is 0 Å². The highest BCUT2D eigenvalue weighted by Gasteiger charge is 2.41. The minimum absolute atomic E-state index is 0.524. The van der Waals surface area contributed by atoms with E-state index in [2.05, 4.69) is 38.8 Å². The second kappa shape index (κ2) is 7.78. The topological polar surface area (TPSA) is 54.2 Å². The predicted molar refractivity (Wildman–Crippen MR) is 111 cm³/mol. The Bertz CT molecular complexity index is 909. The van der Waals surface area contributed by atoms with E-state index < -0.39 is 0 Å². The van der Waals surface area contributed by atoms with Crippen LogP contribution >= 0.6 is 11.3 Å². The van der Waals surface area contributed by atoms with Gasteiger partial charge >= 0.3 is 0 Å². The summed E-state index contributed by atoms with van der Waals surface area (Å²) in [6, 6.07) is 11.1. The smallest absolute Gasteiger partial charge is 0.126 e. The number of piperidine rings is 3. The number of thiophene rings is 1. The first-order valence-corrected chi connectivity index (χ1v) is 11.0. The molecule has 6 heterocycles. The molecule has 28 heavy (non-hydrogen) atoms. The van der Waals surface area contributed by atoms with Gasteiger partial charge in [0.25, 0.3) is 0 Å². The summed E-state index contributed by atoms with van der Waals surface area (Å²) in [5, 5.41) is 5.69. The Morgan fingerprint density at radius 1 is 1.29 bits per heavy atom. The van der Waals surface area contributed by atoms with Crippen molar-refractivity contribution in [2.75, 3.05) is 19.6 Å². The second-order valence-corrected chi connectivity index (χ2v) is 8.90. The van der Waals surface area contributed by atoms with Crippen LogP contribution < -0.4 is 5.32 Å². The lowest BCUT2D eigenvalue weighted by atomic mass is 9.74. The molecule has 2 bridgehead atoms. The zero-order valence-electron chi connectivity index (χ0n) is 16.2. The number of aryl methyl sites for hydroxylation is 1. The van der Waals surface area contributed by atoms with E-state index >= 15 is 0 Å². The van der Waals surface area contributed by atoms with Crippen LogP contribution in [0.3, 0.4) is 0 Å². The average Bonchev–Trinajstić information content (AvgIpc) is 3.42. The molecule has 0 saturated carbocycles. The maximum absolute atomic E-state index is 5.42. The summed E-state index contributed by atoms with van der Waals surface area (Å²) < 4.78 is 5.42. The van der Waals surface area contributed by atoms with Crippen molar-refractivity contribution in [3.05, 3.63) is 59.3 Å². The van der Waals surface area contributed by atoms with Crippen LogP contribution in [0.5, 0.6) is 0 Å². The Morgan fingerprint density at radius 2 is 2.25 bits per heavy atom. The molecule has 6 rings (SSSR count). The molecule has 146 valence electrons. The van der Waals surface area contributed by atoms with Gasteiger partial charge in [-0.3, -0.25) is 4.90 Å². The first-order valence-electron chi connectivity index (χ1n) is 10.1. The zero-order valence-corrected chi connectivity index (χ0v) is 17.0. The highest BCUT2D eigenvalue weighted by molar-refractivity contribution is 7.13. The standard InChI is InChI=1S/C22H26N4OS/c1-15-24-20(11-21(25-15)22-5-3-9-28-22)19-14-26-7-6-16(19)10-17(26)12-23-13-18-4-2-8-27-18/h2-5,8-9,11,16-17,19,23H,6-7,10,12-14H2,1H3/t16-,17+,19-/m0/s1. The molecule has 0 spiro atoms. The van der Waals surface area contributed by atoms with Crippen LogP contribution in [-0.2, 0) is 6.54 Å². The molecule has 0 radical (unpaired) electrons. The number of hydrogen-bond donors (Lipinski definition) is 1. The van der Waals surface area contributed by atoms with E-state index in [4.69, 9.17) is 9.40 Å². The van der Waals surface area contributed by atoms with Gasteiger partial charge < -0.3 is 9.73 Å². The Kier molecular flexibility index (Phi) is 5.01. The van der Waals surface area contributed by atoms with E-state index in [1.165, 1.54) is 30.0 Å². The molecule has 3 saturated heterocycles. The predicted octanol–water partition coefficient (Wildman–Crippen LogP) is 4.07. The molecule has 3 aromatic rings. The van der Waals surface area contributed by atoms with Crippen molar-refractivity contribution in [2.24, 2.45) is 5.92 Å². The van der Waals surface area contributed by atoms with Crippen LogP contribution in [0.15, 0.2) is 46.4 Å². The summed E-state index contributed by atoms with van der Waals surface area (Å²) in [6.07, 6.45) is 4.26. The first kappa shape index (κ1) is 18.0. The number of nitrogens with zero attached hydrogens (tertiary/aromatic N) is 3. The fourth-order valence-electron chi connectivity index (χ4n) is 4.79. The van der Waals surface area contributed by atoms with Gasteiger partial charge in [-0.2, -0.15) is 0 Å². The molecule has 6 heteroatoms. The van der Waals surface area contributed by atoms with Crippen molar-refractivity contribution >= 4 is 11.3 Å². The zero-order chi connectivity index (χ0) is 18.9. The van der Waals surface area contributed by atoms with Gasteiger partial charge in [-0.1, -0.05) is 6.07 Å². The average molecular weight is 395 g/mol. The molecule has 1 unspecified atom stereocenters. The Morgan fingerprint density at radius 3 is 3.00 bits per heavy atom. The van der Waals surface area contributed by atoms with Gasteiger partial charge in [0.2, 0.25) is 0 Å². The normalized spacial score (nSPS) is 26.6. The van der Waals surface area contributed by atoms with E-state index in [9.17, 15) is 0 Å². The van der Waals surface area contributed by atoms with Crippen molar-refractivity contribution in [1.82, 2.24) is 20.2 Å². The molecule has 0 aromatic carbocycles. The summed E-state index contributed by atoms with van der Waals surface area (Å²) in [7, 11) is 0. The Balaban J connectivity index is 1.27. The largest absolute Gasteiger partial charge is 0.468 e. The molecule has 0 aliphatic carbocycles. The summed E-state index contributed by atoms with van der Waals surface area (Å²) in [4.78, 5) is 13.4. The highest BCUT2D eigenvalue weighted by Crippen LogP contribution is 2.41. The van der Waals surface area contributed by atoms with Crippen LogP contribution in [-0.4, -0.2) is 40.5 Å². The van der Waals surface area contributed by atoms with Crippen molar-refractivity contribution in [2.45, 2.75) is 38.3 Å². The van der Waals surface area contributed by atoms with Crippen LogP contribution in [0, 0.1) is 12.8 Å². The van der Waals surface area contributed by atoms with Gasteiger partial charge in [0.1, 0.15) is 11.6 Å². The van der Waals surface area contributed by atoms with E-state index in [0.717, 1.165) is 36.9 Å². The van der Waals surface area contributed by atoms with Gasteiger partial charge in [0.05, 0.1) is 23.4 Å². The maximum Gasteiger partial charge on any atom is 0.126 e. The van der Waals surface area contributed by atoms with E-state index in [-0.39, 0.29) is 0 Å². The summed E-state index contributed by atoms with van der Waals surface area (Å²) in [5.74, 6) is 3.13. The van der Waals surface area contributed by atoms with Gasteiger partial charge in [0.15, 0.2) is 0 Å². The van der Waals surface area contributed by atoms with Crippen molar-refractivity contribution < 1.29 is 4.42 Å². The summed E-state index contributed by atoms with van der Waals surface area (Å²) >= 11 is 1.75. The molecule has 0 amide bonds. The molecular weight excluding hydrogens is 368 g/mol. The molecule has 4 atom stereocenters. The lowest BCUT2D eigenvalue weighted by molar-refractivity contribution is 0.0290. The molecule has 3 aliphatic heterocycles. The van der Waals surface area contributed by atoms with Crippen molar-refractivity contribution in [3.8, 4) is 10.6 Å². The van der Waals surface area contributed by atoms with E-state index in [1.54, 1.807) is 17.6 Å². The number of rotatable bonds is 6. The summed E-state index contributed by atoms with van der Waals surface area (Å²) in [5.41, 5.74) is 2.30. The minimum atomic E-state index is 0.524. The number of aromatic nitrogens is 2. The molecule has 5 nitrogen and oxygen atoms in total. The van der Waals surface area contributed by atoms with Crippen LogP contribution in [0.2, 0.25) is 0 Å². The van der Waals surface area contributed by atoms with Crippen LogP contribution in [0.1, 0.15) is 36.0 Å². The highest BCUT2D eigenvalue weighted by atomic mass is 32.1. The SMILES string of the molecule is Cc1nc(-c2cccs2)cc([C@H]2CN3CC[C@H]2C[C@@H]3CNCc2ccco2)n1. The third kappa shape index (κ3) is 3.64. The fraction of sp³-hybridized carbons (Fsp3) is 0.455. The number of nitrogens with one attached hydrogen (secondary N) is 1. The summed E-state index contributed by atoms with van der Waals surface area (Å²) in [6.45, 7) is 6.16. The van der Waals surface area contributed by atoms with Gasteiger partial charge in [-0.15, -0.1) is 11.3 Å². The minimum Gasteiger partial charge on any atom is -0.468 e. The Labute approximate surface area is 169 Å². The van der Waals surface area contributed by atoms with Crippen LogP contribution in [0.4, 0.5) is 0 Å². The first-order chi connectivity index (χ1) is 13.8. The molecule has 3 aromatic heterocycles. The fourth-order valence-corrected chi connectivity index (χ4v) is 5.48. The van der Waals surface area contributed by atoms with Gasteiger partial charge in [-0.25, -0.2) is 9.97 Å².